The lowest BCUT2D eigenvalue weighted by Gasteiger charge is -2.48. The number of rotatable bonds is 6. The van der Waals surface area contributed by atoms with Crippen LogP contribution in [0.2, 0.25) is 0 Å². The molecule has 1 aliphatic carbocycles. The lowest BCUT2D eigenvalue weighted by molar-refractivity contribution is -0.384. The average molecular weight is 431 g/mol. The predicted octanol–water partition coefficient (Wildman–Crippen LogP) is 2.96. The van der Waals surface area contributed by atoms with Gasteiger partial charge in [0.05, 0.1) is 18.1 Å². The molecule has 3 aliphatic rings. The number of piperidine rings is 1. The first-order valence-electron chi connectivity index (χ1n) is 11.7. The molecule has 1 aromatic rings. The van der Waals surface area contributed by atoms with Gasteiger partial charge >= 0.3 is 0 Å². The molecule has 2 heterocycles. The van der Waals surface area contributed by atoms with Gasteiger partial charge in [-0.1, -0.05) is 31.4 Å². The number of para-hydroxylation sites is 2. The molecular formula is C23H34N4O4. The van der Waals surface area contributed by atoms with Gasteiger partial charge in [0, 0.05) is 50.2 Å². The fraction of sp³-hybridized carbons (Fsp3) is 0.696. The summed E-state index contributed by atoms with van der Waals surface area (Å²) >= 11 is 0. The van der Waals surface area contributed by atoms with Crippen molar-refractivity contribution in [2.24, 2.45) is 5.92 Å². The van der Waals surface area contributed by atoms with E-state index >= 15 is 0 Å². The third-order valence-electron chi connectivity index (χ3n) is 7.34. The van der Waals surface area contributed by atoms with Crippen LogP contribution in [0.25, 0.3) is 0 Å². The second-order valence-electron chi connectivity index (χ2n) is 9.11. The molecule has 31 heavy (non-hydrogen) atoms. The molecule has 1 aromatic carbocycles. The quantitative estimate of drug-likeness (QED) is 0.551. The number of nitro groups is 1. The maximum atomic E-state index is 13.0. The molecule has 0 bridgehead atoms. The molecule has 2 saturated heterocycles. The van der Waals surface area contributed by atoms with Crippen LogP contribution >= 0.6 is 0 Å². The second-order valence-corrected chi connectivity index (χ2v) is 9.11. The van der Waals surface area contributed by atoms with Gasteiger partial charge in [-0.2, -0.15) is 0 Å². The highest BCUT2D eigenvalue weighted by atomic mass is 16.6. The van der Waals surface area contributed by atoms with Crippen molar-refractivity contribution in [1.29, 1.82) is 0 Å². The molecular weight excluding hydrogens is 396 g/mol. The fourth-order valence-corrected chi connectivity index (χ4v) is 5.52. The first kappa shape index (κ1) is 22.0. The Hall–Kier alpha value is -2.19. The van der Waals surface area contributed by atoms with Crippen LogP contribution in [0.1, 0.15) is 44.9 Å². The number of benzene rings is 1. The lowest BCUT2D eigenvalue weighted by Crippen LogP contribution is -2.60. The number of anilines is 1. The molecule has 0 unspecified atom stereocenters. The Labute approximate surface area is 184 Å². The zero-order valence-corrected chi connectivity index (χ0v) is 18.3. The Morgan fingerprint density at radius 1 is 1.10 bits per heavy atom. The van der Waals surface area contributed by atoms with E-state index in [4.69, 9.17) is 4.74 Å². The molecule has 1 saturated carbocycles. The molecule has 8 heteroatoms. The minimum atomic E-state index is -0.330. The van der Waals surface area contributed by atoms with Crippen molar-refractivity contribution in [2.45, 2.75) is 50.5 Å². The Kier molecular flexibility index (Phi) is 7.07. The van der Waals surface area contributed by atoms with Gasteiger partial charge in [0.1, 0.15) is 5.69 Å². The second kappa shape index (κ2) is 9.96. The number of morpholine rings is 1. The summed E-state index contributed by atoms with van der Waals surface area (Å²) in [6.45, 7) is 5.50. The van der Waals surface area contributed by atoms with Crippen LogP contribution in [0.3, 0.4) is 0 Å². The van der Waals surface area contributed by atoms with E-state index in [1.165, 1.54) is 19.3 Å². The largest absolute Gasteiger partial charge is 0.379 e. The molecule has 8 nitrogen and oxygen atoms in total. The van der Waals surface area contributed by atoms with E-state index < -0.39 is 0 Å². The van der Waals surface area contributed by atoms with E-state index in [0.717, 1.165) is 58.5 Å². The molecule has 1 amide bonds. The van der Waals surface area contributed by atoms with Gasteiger partial charge in [0.2, 0.25) is 5.91 Å². The maximum Gasteiger partial charge on any atom is 0.292 e. The van der Waals surface area contributed by atoms with E-state index in [1.54, 1.807) is 18.2 Å². The van der Waals surface area contributed by atoms with Crippen molar-refractivity contribution in [2.75, 3.05) is 50.8 Å². The molecule has 170 valence electrons. The van der Waals surface area contributed by atoms with Crippen LogP contribution in [0, 0.1) is 16.0 Å². The number of hydrogen-bond donors (Lipinski definition) is 1. The molecule has 0 aromatic heterocycles. The van der Waals surface area contributed by atoms with Crippen LogP contribution in [0.15, 0.2) is 24.3 Å². The molecule has 0 atom stereocenters. The van der Waals surface area contributed by atoms with Crippen molar-refractivity contribution in [3.63, 3.8) is 0 Å². The van der Waals surface area contributed by atoms with E-state index in [9.17, 15) is 14.9 Å². The number of ether oxygens (including phenoxy) is 1. The van der Waals surface area contributed by atoms with Gasteiger partial charge in [0.15, 0.2) is 0 Å². The summed E-state index contributed by atoms with van der Waals surface area (Å²) < 4.78 is 5.55. The zero-order chi connectivity index (χ0) is 21.7. The lowest BCUT2D eigenvalue weighted by atomic mass is 9.79. The Balaban J connectivity index is 1.33. The topological polar surface area (TPSA) is 88.0 Å². The summed E-state index contributed by atoms with van der Waals surface area (Å²) in [7, 11) is 0. The summed E-state index contributed by atoms with van der Waals surface area (Å²) in [5.41, 5.74) is 0.859. The van der Waals surface area contributed by atoms with Gasteiger partial charge in [-0.3, -0.25) is 19.8 Å². The van der Waals surface area contributed by atoms with Crippen LogP contribution in [0.5, 0.6) is 0 Å². The highest BCUT2D eigenvalue weighted by Gasteiger charge is 2.39. The normalized spacial score (nSPS) is 22.8. The first-order valence-corrected chi connectivity index (χ1v) is 11.7. The molecule has 1 N–H and O–H groups in total. The van der Waals surface area contributed by atoms with Crippen molar-refractivity contribution >= 4 is 17.3 Å². The highest BCUT2D eigenvalue weighted by molar-refractivity contribution is 5.79. The van der Waals surface area contributed by atoms with Crippen molar-refractivity contribution in [3.05, 3.63) is 34.4 Å². The van der Waals surface area contributed by atoms with Crippen molar-refractivity contribution in [1.82, 2.24) is 10.2 Å². The summed E-state index contributed by atoms with van der Waals surface area (Å²) in [5, 5.41) is 14.6. The molecule has 4 rings (SSSR count). The predicted molar refractivity (Wildman–Crippen MR) is 119 cm³/mol. The summed E-state index contributed by atoms with van der Waals surface area (Å²) in [6, 6.07) is 6.87. The highest BCUT2D eigenvalue weighted by Crippen LogP contribution is 2.34. The van der Waals surface area contributed by atoms with Crippen LogP contribution in [0.4, 0.5) is 11.4 Å². The molecule has 2 aliphatic heterocycles. The third-order valence-corrected chi connectivity index (χ3v) is 7.34. The van der Waals surface area contributed by atoms with Gasteiger partial charge in [0.25, 0.3) is 5.69 Å². The SMILES string of the molecule is O=C(NCC1(N2CCOCC2)CCCCC1)C1CCN(c2ccccc2[N+](=O)[O-])CC1. The molecule has 0 spiro atoms. The van der Waals surface area contributed by atoms with Crippen LogP contribution < -0.4 is 10.2 Å². The van der Waals surface area contributed by atoms with Crippen molar-refractivity contribution in [3.8, 4) is 0 Å². The number of nitrogens with zero attached hydrogens (tertiary/aromatic N) is 3. The van der Waals surface area contributed by atoms with Gasteiger partial charge in [-0.25, -0.2) is 0 Å². The summed E-state index contributed by atoms with van der Waals surface area (Å²) in [4.78, 5) is 28.6. The van der Waals surface area contributed by atoms with Crippen LogP contribution in [-0.2, 0) is 9.53 Å². The number of nitro benzene ring substituents is 1. The Morgan fingerprint density at radius 3 is 2.45 bits per heavy atom. The monoisotopic (exact) mass is 430 g/mol. The average Bonchev–Trinajstić information content (AvgIpc) is 2.84. The fourth-order valence-electron chi connectivity index (χ4n) is 5.52. The minimum absolute atomic E-state index is 0.0238. The van der Waals surface area contributed by atoms with Gasteiger partial charge in [-0.05, 0) is 31.7 Å². The molecule has 3 fully saturated rings. The smallest absolute Gasteiger partial charge is 0.292 e. The van der Waals surface area contributed by atoms with E-state index in [1.807, 2.05) is 11.0 Å². The van der Waals surface area contributed by atoms with E-state index in [-0.39, 0.29) is 28.0 Å². The Bertz CT molecular complexity index is 767. The van der Waals surface area contributed by atoms with Gasteiger partial charge < -0.3 is 15.0 Å². The first-order chi connectivity index (χ1) is 15.1. The maximum absolute atomic E-state index is 13.0. The number of amides is 1. The summed E-state index contributed by atoms with van der Waals surface area (Å²) in [6.07, 6.45) is 7.46. The standard InChI is InChI=1S/C23H34N4O4/c28-22(24-18-23(10-4-1-5-11-23)26-14-16-31-17-15-26)19-8-12-25(13-9-19)20-6-2-3-7-21(20)27(29)30/h2-3,6-7,19H,1,4-5,8-18H2,(H,24,28). The van der Waals surface area contributed by atoms with Crippen molar-refractivity contribution < 1.29 is 14.5 Å². The third kappa shape index (κ3) is 5.01. The van der Waals surface area contributed by atoms with Gasteiger partial charge in [-0.15, -0.1) is 0 Å². The number of hydrogen-bond acceptors (Lipinski definition) is 6. The Morgan fingerprint density at radius 2 is 1.77 bits per heavy atom. The van der Waals surface area contributed by atoms with Crippen LogP contribution in [-0.4, -0.2) is 67.2 Å². The zero-order valence-electron chi connectivity index (χ0n) is 18.3. The van der Waals surface area contributed by atoms with E-state index in [2.05, 4.69) is 10.2 Å². The van der Waals surface area contributed by atoms with E-state index in [0.29, 0.717) is 18.8 Å². The number of carbonyl (C=O) groups is 1. The summed E-state index contributed by atoms with van der Waals surface area (Å²) in [5.74, 6) is 0.116. The minimum Gasteiger partial charge on any atom is -0.379 e. The number of carbonyl (C=O) groups excluding carboxylic acids is 1. The molecule has 0 radical (unpaired) electrons. The number of nitrogens with one attached hydrogen (secondary N) is 1.